The van der Waals surface area contributed by atoms with Crippen LogP contribution >= 0.6 is 11.6 Å². The molecule has 0 aliphatic carbocycles. The van der Waals surface area contributed by atoms with Crippen molar-refractivity contribution >= 4 is 44.9 Å². The Hall–Kier alpha value is -3.83. The molecule has 0 saturated heterocycles. The molecule has 0 spiro atoms. The van der Waals surface area contributed by atoms with Gasteiger partial charge in [0.05, 0.1) is 33.5 Å². The normalized spacial score (nSPS) is 12.5. The highest BCUT2D eigenvalue weighted by Gasteiger charge is 2.29. The van der Waals surface area contributed by atoms with Gasteiger partial charge in [-0.2, -0.15) is 0 Å². The summed E-state index contributed by atoms with van der Waals surface area (Å²) in [6.07, 6.45) is 0. The number of anilines is 2. The quantitative estimate of drug-likeness (QED) is 0.419. The van der Waals surface area contributed by atoms with Gasteiger partial charge >= 0.3 is 5.97 Å². The summed E-state index contributed by atoms with van der Waals surface area (Å²) in [7, 11) is -4.35. The second-order valence-corrected chi connectivity index (χ2v) is 10.0. The fraction of sp³-hybridized carbons (Fsp3) is 0.200. The Balaban J connectivity index is 1.62. The number of hydrogen-bond acceptors (Lipinski definition) is 7. The van der Waals surface area contributed by atoms with Gasteiger partial charge in [-0.25, -0.2) is 17.6 Å². The van der Waals surface area contributed by atoms with Crippen LogP contribution < -0.4 is 19.1 Å². The van der Waals surface area contributed by atoms with Crippen LogP contribution in [-0.4, -0.2) is 46.7 Å². The van der Waals surface area contributed by atoms with E-state index in [0.29, 0.717) is 12.4 Å². The molecule has 1 heterocycles. The first-order valence-electron chi connectivity index (χ1n) is 11.1. The fourth-order valence-electron chi connectivity index (χ4n) is 3.54. The summed E-state index contributed by atoms with van der Waals surface area (Å²) in [6.45, 7) is 1.73. The number of nitrogens with zero attached hydrogens (tertiary/aromatic N) is 1. The van der Waals surface area contributed by atoms with E-state index in [4.69, 9.17) is 25.8 Å². The standard InChI is InChI=1S/C25H22ClFN2O7S/c1-2-34-25(31)16-6-8-21(20(26)12-16)28-24(30)15-29(18-5-3-4-17(27)13-18)37(32,33)19-7-9-22-23(14-19)36-11-10-35-22/h3-9,12-14H,2,10-11,15H2,1H3,(H,28,30). The SMILES string of the molecule is CCOC(=O)c1ccc(NC(=O)CN(c2cccc(F)c2)S(=O)(=O)c2ccc3c(c2)OCCO3)c(Cl)c1. The molecule has 1 N–H and O–H groups in total. The Labute approximate surface area is 217 Å². The molecule has 4 rings (SSSR count). The summed E-state index contributed by atoms with van der Waals surface area (Å²) in [5.74, 6) is -1.38. The van der Waals surface area contributed by atoms with Crippen LogP contribution in [0.25, 0.3) is 0 Å². The first-order chi connectivity index (χ1) is 17.7. The number of sulfonamides is 1. The summed E-state index contributed by atoms with van der Waals surface area (Å²) in [5, 5.41) is 2.58. The molecule has 0 bridgehead atoms. The van der Waals surface area contributed by atoms with Crippen molar-refractivity contribution in [3.05, 3.63) is 77.1 Å². The van der Waals surface area contributed by atoms with Gasteiger partial charge in [-0.1, -0.05) is 17.7 Å². The van der Waals surface area contributed by atoms with Crippen LogP contribution in [0.4, 0.5) is 15.8 Å². The molecule has 37 heavy (non-hydrogen) atoms. The molecule has 3 aromatic rings. The Bertz CT molecular complexity index is 1450. The van der Waals surface area contributed by atoms with E-state index in [1.54, 1.807) is 6.92 Å². The number of amides is 1. The number of fused-ring (bicyclic) bond motifs is 1. The smallest absolute Gasteiger partial charge is 0.338 e. The van der Waals surface area contributed by atoms with Gasteiger partial charge in [-0.3, -0.25) is 9.10 Å². The number of benzene rings is 3. The molecule has 0 aromatic heterocycles. The predicted octanol–water partition coefficient (Wildman–Crippen LogP) is 4.26. The Kier molecular flexibility index (Phi) is 7.84. The molecule has 0 fully saturated rings. The maximum atomic E-state index is 14.0. The second-order valence-electron chi connectivity index (χ2n) is 7.76. The molecular formula is C25H22ClFN2O7S. The van der Waals surface area contributed by atoms with E-state index < -0.39 is 34.3 Å². The van der Waals surface area contributed by atoms with Crippen molar-refractivity contribution < 1.29 is 36.6 Å². The van der Waals surface area contributed by atoms with Crippen molar-refractivity contribution in [3.8, 4) is 11.5 Å². The molecule has 3 aromatic carbocycles. The van der Waals surface area contributed by atoms with Gasteiger partial charge in [0.1, 0.15) is 25.6 Å². The lowest BCUT2D eigenvalue weighted by Gasteiger charge is -2.25. The predicted molar refractivity (Wildman–Crippen MR) is 134 cm³/mol. The van der Waals surface area contributed by atoms with Crippen LogP contribution in [-0.2, 0) is 19.6 Å². The van der Waals surface area contributed by atoms with Crippen LogP contribution in [0.1, 0.15) is 17.3 Å². The van der Waals surface area contributed by atoms with E-state index >= 15 is 0 Å². The molecule has 0 saturated carbocycles. The summed E-state index contributed by atoms with van der Waals surface area (Å²) >= 11 is 6.22. The number of carbonyl (C=O) groups excluding carboxylic acids is 2. The topological polar surface area (TPSA) is 111 Å². The third-order valence-electron chi connectivity index (χ3n) is 5.24. The molecule has 1 aliphatic rings. The van der Waals surface area contributed by atoms with Crippen molar-refractivity contribution in [3.63, 3.8) is 0 Å². The van der Waals surface area contributed by atoms with Crippen LogP contribution in [0.5, 0.6) is 11.5 Å². The number of nitrogens with one attached hydrogen (secondary N) is 1. The summed E-state index contributed by atoms with van der Waals surface area (Å²) < 4.78 is 57.9. The molecule has 12 heteroatoms. The van der Waals surface area contributed by atoms with E-state index in [1.165, 1.54) is 48.5 Å². The fourth-order valence-corrected chi connectivity index (χ4v) is 5.19. The van der Waals surface area contributed by atoms with Crippen LogP contribution in [0.15, 0.2) is 65.6 Å². The summed E-state index contributed by atoms with van der Waals surface area (Å²) in [6, 6.07) is 13.1. The van der Waals surface area contributed by atoms with Crippen molar-refractivity contribution in [1.82, 2.24) is 0 Å². The number of esters is 1. The van der Waals surface area contributed by atoms with Gasteiger partial charge in [0.25, 0.3) is 10.0 Å². The lowest BCUT2D eigenvalue weighted by Crippen LogP contribution is -2.38. The van der Waals surface area contributed by atoms with E-state index in [9.17, 15) is 22.4 Å². The van der Waals surface area contributed by atoms with Gasteiger partial charge < -0.3 is 19.5 Å². The third-order valence-corrected chi connectivity index (χ3v) is 7.32. The molecule has 194 valence electrons. The van der Waals surface area contributed by atoms with Gasteiger partial charge in [0.15, 0.2) is 11.5 Å². The van der Waals surface area contributed by atoms with Gasteiger partial charge in [-0.15, -0.1) is 0 Å². The number of hydrogen-bond donors (Lipinski definition) is 1. The Morgan fingerprint density at radius 2 is 1.81 bits per heavy atom. The number of carbonyl (C=O) groups is 2. The monoisotopic (exact) mass is 548 g/mol. The zero-order valence-corrected chi connectivity index (χ0v) is 21.1. The highest BCUT2D eigenvalue weighted by molar-refractivity contribution is 7.92. The van der Waals surface area contributed by atoms with Crippen LogP contribution in [0, 0.1) is 5.82 Å². The van der Waals surface area contributed by atoms with Crippen molar-refractivity contribution in [1.29, 1.82) is 0 Å². The lowest BCUT2D eigenvalue weighted by atomic mass is 10.2. The highest BCUT2D eigenvalue weighted by atomic mass is 35.5. The Morgan fingerprint density at radius 3 is 2.51 bits per heavy atom. The van der Waals surface area contributed by atoms with E-state index in [0.717, 1.165) is 16.4 Å². The first kappa shape index (κ1) is 26.2. The van der Waals surface area contributed by atoms with Gasteiger partial charge in [0.2, 0.25) is 5.91 Å². The molecule has 1 aliphatic heterocycles. The average molecular weight is 549 g/mol. The second kappa shape index (κ2) is 11.1. The first-order valence-corrected chi connectivity index (χ1v) is 13.0. The number of halogens is 2. The van der Waals surface area contributed by atoms with Crippen molar-refractivity contribution in [2.24, 2.45) is 0 Å². The summed E-state index contributed by atoms with van der Waals surface area (Å²) in [4.78, 5) is 24.7. The van der Waals surface area contributed by atoms with E-state index in [2.05, 4.69) is 5.32 Å². The molecule has 0 atom stereocenters. The summed E-state index contributed by atoms with van der Waals surface area (Å²) in [5.41, 5.74) is 0.275. The van der Waals surface area contributed by atoms with Crippen LogP contribution in [0.2, 0.25) is 5.02 Å². The zero-order chi connectivity index (χ0) is 26.6. The largest absolute Gasteiger partial charge is 0.486 e. The Morgan fingerprint density at radius 1 is 1.05 bits per heavy atom. The lowest BCUT2D eigenvalue weighted by molar-refractivity contribution is -0.114. The maximum Gasteiger partial charge on any atom is 0.338 e. The molecule has 0 radical (unpaired) electrons. The minimum atomic E-state index is -4.35. The molecule has 9 nitrogen and oxygen atoms in total. The van der Waals surface area contributed by atoms with E-state index in [-0.39, 0.29) is 45.8 Å². The zero-order valence-electron chi connectivity index (χ0n) is 19.6. The highest BCUT2D eigenvalue weighted by Crippen LogP contribution is 2.34. The molecule has 1 amide bonds. The van der Waals surface area contributed by atoms with E-state index in [1.807, 2.05) is 0 Å². The van der Waals surface area contributed by atoms with Crippen LogP contribution in [0.3, 0.4) is 0 Å². The van der Waals surface area contributed by atoms with Crippen molar-refractivity contribution in [2.75, 3.05) is 36.0 Å². The average Bonchev–Trinajstić information content (AvgIpc) is 2.88. The molecular weight excluding hydrogens is 527 g/mol. The van der Waals surface area contributed by atoms with Crippen molar-refractivity contribution in [2.45, 2.75) is 11.8 Å². The van der Waals surface area contributed by atoms with Gasteiger partial charge in [-0.05, 0) is 55.5 Å². The minimum Gasteiger partial charge on any atom is -0.486 e. The third kappa shape index (κ3) is 5.95. The molecule has 0 unspecified atom stereocenters. The maximum absolute atomic E-state index is 14.0. The minimum absolute atomic E-state index is 0.0471. The number of rotatable bonds is 8. The van der Waals surface area contributed by atoms with Gasteiger partial charge in [0, 0.05) is 6.07 Å². The number of ether oxygens (including phenoxy) is 3.